The number of hydrogen-bond acceptors (Lipinski definition) is 4. The Morgan fingerprint density at radius 3 is 2.38 bits per heavy atom. The molecule has 2 rings (SSSR count). The van der Waals surface area contributed by atoms with Crippen LogP contribution < -0.4 is 11.1 Å². The lowest BCUT2D eigenvalue weighted by molar-refractivity contribution is 0.0601. The molecule has 0 atom stereocenters. The highest BCUT2D eigenvalue weighted by atomic mass is 19.2. The van der Waals surface area contributed by atoms with Gasteiger partial charge in [-0.25, -0.2) is 18.0 Å². The Kier molecular flexibility index (Phi) is 4.02. The number of halogens is 3. The summed E-state index contributed by atoms with van der Waals surface area (Å²) in [6, 6.07) is 5.97. The molecule has 2 aromatic carbocycles. The molecular formula is C14H11F3N2O2. The van der Waals surface area contributed by atoms with Crippen LogP contribution in [0.15, 0.2) is 30.3 Å². The highest BCUT2D eigenvalue weighted by molar-refractivity contribution is 5.92. The van der Waals surface area contributed by atoms with E-state index in [1.165, 1.54) is 25.3 Å². The molecule has 0 fully saturated rings. The van der Waals surface area contributed by atoms with E-state index in [2.05, 4.69) is 10.1 Å². The van der Waals surface area contributed by atoms with Gasteiger partial charge in [-0.2, -0.15) is 0 Å². The third-order valence-corrected chi connectivity index (χ3v) is 2.78. The molecule has 0 aliphatic rings. The van der Waals surface area contributed by atoms with E-state index < -0.39 is 23.4 Å². The number of carbonyl (C=O) groups is 1. The summed E-state index contributed by atoms with van der Waals surface area (Å²) in [4.78, 5) is 11.3. The van der Waals surface area contributed by atoms with Gasteiger partial charge in [-0.05, 0) is 30.3 Å². The summed E-state index contributed by atoms with van der Waals surface area (Å²) < 4.78 is 44.0. The first kappa shape index (κ1) is 14.7. The number of nitrogen functional groups attached to an aromatic ring is 1. The Balaban J connectivity index is 2.33. The lowest BCUT2D eigenvalue weighted by atomic mass is 10.1. The largest absolute Gasteiger partial charge is 0.465 e. The van der Waals surface area contributed by atoms with Gasteiger partial charge in [-0.1, -0.05) is 0 Å². The second-order valence-electron chi connectivity index (χ2n) is 4.14. The average Bonchev–Trinajstić information content (AvgIpc) is 2.48. The van der Waals surface area contributed by atoms with Crippen molar-refractivity contribution in [2.24, 2.45) is 0 Å². The molecular weight excluding hydrogens is 285 g/mol. The van der Waals surface area contributed by atoms with Crippen LogP contribution in [0.3, 0.4) is 0 Å². The monoisotopic (exact) mass is 296 g/mol. The van der Waals surface area contributed by atoms with E-state index in [-0.39, 0.29) is 22.6 Å². The van der Waals surface area contributed by atoms with Gasteiger partial charge >= 0.3 is 5.97 Å². The maximum absolute atomic E-state index is 13.5. The van der Waals surface area contributed by atoms with Crippen LogP contribution in [0.4, 0.5) is 30.2 Å². The number of anilines is 3. The number of nitrogens with one attached hydrogen (secondary N) is 1. The van der Waals surface area contributed by atoms with Gasteiger partial charge in [0.05, 0.1) is 29.7 Å². The summed E-state index contributed by atoms with van der Waals surface area (Å²) in [6.07, 6.45) is 0. The summed E-state index contributed by atoms with van der Waals surface area (Å²) in [5.74, 6) is -4.80. The third kappa shape index (κ3) is 2.91. The van der Waals surface area contributed by atoms with Crippen LogP contribution >= 0.6 is 0 Å². The fourth-order valence-electron chi connectivity index (χ4n) is 1.69. The van der Waals surface area contributed by atoms with Crippen LogP contribution in [0.5, 0.6) is 0 Å². The maximum Gasteiger partial charge on any atom is 0.337 e. The van der Waals surface area contributed by atoms with Crippen LogP contribution in [0.25, 0.3) is 0 Å². The van der Waals surface area contributed by atoms with E-state index in [1.54, 1.807) is 0 Å². The Labute approximate surface area is 118 Å². The van der Waals surface area contributed by atoms with Crippen molar-refractivity contribution in [2.45, 2.75) is 0 Å². The van der Waals surface area contributed by atoms with E-state index >= 15 is 0 Å². The molecule has 0 saturated heterocycles. The number of hydrogen-bond donors (Lipinski definition) is 2. The summed E-state index contributed by atoms with van der Waals surface area (Å²) in [5.41, 5.74) is 6.03. The molecule has 3 N–H and O–H groups in total. The van der Waals surface area contributed by atoms with Gasteiger partial charge < -0.3 is 15.8 Å². The normalized spacial score (nSPS) is 10.3. The SMILES string of the molecule is COC(=O)c1ccc(Nc2ccc(F)c(F)c2F)c(N)c1. The van der Waals surface area contributed by atoms with Gasteiger partial charge in [0.25, 0.3) is 0 Å². The van der Waals surface area contributed by atoms with Gasteiger partial charge in [0.15, 0.2) is 17.5 Å². The Morgan fingerprint density at radius 2 is 1.76 bits per heavy atom. The average molecular weight is 296 g/mol. The number of esters is 1. The van der Waals surface area contributed by atoms with E-state index in [0.29, 0.717) is 0 Å². The van der Waals surface area contributed by atoms with Gasteiger partial charge in [0.2, 0.25) is 0 Å². The molecule has 0 saturated carbocycles. The van der Waals surface area contributed by atoms with Crippen LogP contribution in [0.1, 0.15) is 10.4 Å². The van der Waals surface area contributed by atoms with Crippen molar-refractivity contribution >= 4 is 23.0 Å². The molecule has 0 aliphatic heterocycles. The highest BCUT2D eigenvalue weighted by Crippen LogP contribution is 2.27. The molecule has 0 heterocycles. The lowest BCUT2D eigenvalue weighted by Crippen LogP contribution is -2.05. The highest BCUT2D eigenvalue weighted by Gasteiger charge is 2.15. The molecule has 0 spiro atoms. The Hall–Kier alpha value is -2.70. The number of rotatable bonds is 3. The third-order valence-electron chi connectivity index (χ3n) is 2.78. The molecule has 0 radical (unpaired) electrons. The smallest absolute Gasteiger partial charge is 0.337 e. The molecule has 4 nitrogen and oxygen atoms in total. The van der Waals surface area contributed by atoms with Crippen molar-refractivity contribution in [3.63, 3.8) is 0 Å². The second-order valence-corrected chi connectivity index (χ2v) is 4.14. The topological polar surface area (TPSA) is 64.3 Å². The van der Waals surface area contributed by atoms with Crippen LogP contribution in [-0.4, -0.2) is 13.1 Å². The first-order valence-corrected chi connectivity index (χ1v) is 5.82. The zero-order chi connectivity index (χ0) is 15.6. The number of ether oxygens (including phenoxy) is 1. The van der Waals surface area contributed by atoms with Gasteiger partial charge in [-0.3, -0.25) is 0 Å². The van der Waals surface area contributed by atoms with Crippen molar-refractivity contribution in [3.05, 3.63) is 53.3 Å². The van der Waals surface area contributed by atoms with E-state index in [1.807, 2.05) is 0 Å². The minimum Gasteiger partial charge on any atom is -0.465 e. The predicted molar refractivity (Wildman–Crippen MR) is 71.8 cm³/mol. The number of methoxy groups -OCH3 is 1. The molecule has 0 bridgehead atoms. The van der Waals surface area contributed by atoms with Crippen molar-refractivity contribution in [3.8, 4) is 0 Å². The second kappa shape index (κ2) is 5.74. The van der Waals surface area contributed by atoms with Crippen molar-refractivity contribution in [1.82, 2.24) is 0 Å². The van der Waals surface area contributed by atoms with E-state index in [9.17, 15) is 18.0 Å². The van der Waals surface area contributed by atoms with Gasteiger partial charge in [0, 0.05) is 0 Å². The van der Waals surface area contributed by atoms with Crippen LogP contribution in [0, 0.1) is 17.5 Å². The molecule has 0 amide bonds. The standard InChI is InChI=1S/C14H11F3N2O2/c1-21-14(20)7-2-4-10(9(18)6-7)19-11-5-3-8(15)12(16)13(11)17/h2-6,19H,18H2,1H3. The van der Waals surface area contributed by atoms with Gasteiger partial charge in [-0.15, -0.1) is 0 Å². The van der Waals surface area contributed by atoms with Crippen molar-refractivity contribution in [2.75, 3.05) is 18.2 Å². The lowest BCUT2D eigenvalue weighted by Gasteiger charge is -2.11. The minimum atomic E-state index is -1.58. The first-order valence-electron chi connectivity index (χ1n) is 5.82. The van der Waals surface area contributed by atoms with Crippen molar-refractivity contribution in [1.29, 1.82) is 0 Å². The zero-order valence-electron chi connectivity index (χ0n) is 10.9. The summed E-state index contributed by atoms with van der Waals surface area (Å²) >= 11 is 0. The van der Waals surface area contributed by atoms with Crippen molar-refractivity contribution < 1.29 is 22.7 Å². The van der Waals surface area contributed by atoms with E-state index in [0.717, 1.165) is 12.1 Å². The molecule has 0 unspecified atom stereocenters. The predicted octanol–water partition coefficient (Wildman–Crippen LogP) is 3.22. The molecule has 21 heavy (non-hydrogen) atoms. The summed E-state index contributed by atoms with van der Waals surface area (Å²) in [6.45, 7) is 0. The van der Waals surface area contributed by atoms with Crippen LogP contribution in [0.2, 0.25) is 0 Å². The van der Waals surface area contributed by atoms with E-state index in [4.69, 9.17) is 5.73 Å². The fourth-order valence-corrected chi connectivity index (χ4v) is 1.69. The molecule has 110 valence electrons. The van der Waals surface area contributed by atoms with Gasteiger partial charge in [0.1, 0.15) is 0 Å². The molecule has 0 aliphatic carbocycles. The zero-order valence-corrected chi connectivity index (χ0v) is 10.9. The first-order chi connectivity index (χ1) is 9.93. The minimum absolute atomic E-state index is 0.127. The maximum atomic E-state index is 13.5. The summed E-state index contributed by atoms with van der Waals surface area (Å²) in [5, 5.41) is 2.53. The van der Waals surface area contributed by atoms with Crippen LogP contribution in [-0.2, 0) is 4.74 Å². The quantitative estimate of drug-likeness (QED) is 0.518. The number of benzene rings is 2. The molecule has 7 heteroatoms. The fraction of sp³-hybridized carbons (Fsp3) is 0.0714. The number of carbonyl (C=O) groups excluding carboxylic acids is 1. The number of nitrogens with two attached hydrogens (primary N) is 1. The Bertz CT molecular complexity index is 705. The molecule has 0 aromatic heterocycles. The molecule has 2 aromatic rings. The summed E-state index contributed by atoms with van der Waals surface area (Å²) in [7, 11) is 1.22. The Morgan fingerprint density at radius 1 is 1.10 bits per heavy atom.